The van der Waals surface area contributed by atoms with Crippen molar-refractivity contribution >= 4 is 18.6 Å². The van der Waals surface area contributed by atoms with E-state index in [-0.39, 0.29) is 5.97 Å². The number of rotatable bonds is 7. The van der Waals surface area contributed by atoms with Crippen molar-refractivity contribution in [1.29, 1.82) is 0 Å². The summed E-state index contributed by atoms with van der Waals surface area (Å²) < 4.78 is 9.93. The topological polar surface area (TPSA) is 35.5 Å². The number of thiol groups is 1. The Morgan fingerprint density at radius 1 is 1.33 bits per heavy atom. The van der Waals surface area contributed by atoms with Crippen LogP contribution >= 0.6 is 12.6 Å². The molecule has 4 heteroatoms. The van der Waals surface area contributed by atoms with Crippen molar-refractivity contribution in [3.8, 4) is 0 Å². The maximum Gasteiger partial charge on any atom is 0.306 e. The quantitative estimate of drug-likeness (QED) is 0.375. The second-order valence-electron chi connectivity index (χ2n) is 2.31. The van der Waals surface area contributed by atoms with Gasteiger partial charge in [0.25, 0.3) is 0 Å². The largest absolute Gasteiger partial charge is 0.463 e. The van der Waals surface area contributed by atoms with Crippen LogP contribution in [-0.4, -0.2) is 31.5 Å². The second-order valence-corrected chi connectivity index (χ2v) is 2.75. The van der Waals surface area contributed by atoms with E-state index in [1.54, 1.807) is 0 Å². The van der Waals surface area contributed by atoms with Crippen LogP contribution in [0.3, 0.4) is 0 Å². The van der Waals surface area contributed by atoms with Crippen molar-refractivity contribution in [2.75, 3.05) is 25.6 Å². The summed E-state index contributed by atoms with van der Waals surface area (Å²) in [5, 5.41) is 0. The normalized spacial score (nSPS) is 9.83. The van der Waals surface area contributed by atoms with Gasteiger partial charge >= 0.3 is 5.97 Å². The monoisotopic (exact) mass is 192 g/mol. The van der Waals surface area contributed by atoms with E-state index in [1.807, 2.05) is 6.92 Å². The van der Waals surface area contributed by atoms with Crippen LogP contribution in [0.2, 0.25) is 0 Å². The minimum absolute atomic E-state index is 0.204. The molecule has 0 radical (unpaired) electrons. The lowest BCUT2D eigenvalue weighted by molar-refractivity contribution is -0.144. The van der Waals surface area contributed by atoms with Gasteiger partial charge in [0, 0.05) is 12.4 Å². The number of carbonyl (C=O) groups is 1. The summed E-state index contributed by atoms with van der Waals surface area (Å²) in [7, 11) is 0. The molecule has 3 nitrogen and oxygen atoms in total. The Hall–Kier alpha value is -0.220. The van der Waals surface area contributed by atoms with Gasteiger partial charge in [-0.1, -0.05) is 6.92 Å². The molecular formula is C8H16O3S. The smallest absolute Gasteiger partial charge is 0.306 e. The molecule has 0 spiro atoms. The van der Waals surface area contributed by atoms with Crippen LogP contribution in [0.25, 0.3) is 0 Å². The molecule has 0 fully saturated rings. The van der Waals surface area contributed by atoms with E-state index in [9.17, 15) is 4.79 Å². The Kier molecular flexibility index (Phi) is 8.71. The average molecular weight is 192 g/mol. The zero-order valence-electron chi connectivity index (χ0n) is 7.41. The summed E-state index contributed by atoms with van der Waals surface area (Å²) in [4.78, 5) is 10.7. The molecule has 0 heterocycles. The highest BCUT2D eigenvalue weighted by atomic mass is 32.1. The minimum atomic E-state index is -0.204. The molecule has 0 unspecified atom stereocenters. The van der Waals surface area contributed by atoms with Crippen LogP contribution in [-0.2, 0) is 14.3 Å². The van der Waals surface area contributed by atoms with Crippen LogP contribution in [0.4, 0.5) is 0 Å². The molecule has 0 atom stereocenters. The summed E-state index contributed by atoms with van der Waals surface area (Å²) in [6.07, 6.45) is 1.36. The SMILES string of the molecule is CCCOCCOC(=O)CCS. The van der Waals surface area contributed by atoms with Gasteiger partial charge in [-0.3, -0.25) is 4.79 Å². The predicted molar refractivity (Wildman–Crippen MR) is 50.5 cm³/mol. The van der Waals surface area contributed by atoms with Gasteiger partial charge in [-0.15, -0.1) is 0 Å². The molecule has 0 bridgehead atoms. The average Bonchev–Trinajstić information content (AvgIpc) is 2.05. The highest BCUT2D eigenvalue weighted by Crippen LogP contribution is 1.89. The van der Waals surface area contributed by atoms with E-state index < -0.39 is 0 Å². The Balaban J connectivity index is 3.03. The van der Waals surface area contributed by atoms with Crippen LogP contribution in [0, 0.1) is 0 Å². The second kappa shape index (κ2) is 8.87. The Morgan fingerprint density at radius 2 is 2.08 bits per heavy atom. The van der Waals surface area contributed by atoms with Gasteiger partial charge in [-0.2, -0.15) is 12.6 Å². The van der Waals surface area contributed by atoms with Crippen LogP contribution in [0.15, 0.2) is 0 Å². The predicted octanol–water partition coefficient (Wildman–Crippen LogP) is 1.28. The van der Waals surface area contributed by atoms with Crippen LogP contribution in [0.5, 0.6) is 0 Å². The molecule has 0 aliphatic rings. The number of ether oxygens (including phenoxy) is 2. The lowest BCUT2D eigenvalue weighted by Crippen LogP contribution is -2.11. The summed E-state index contributed by atoms with van der Waals surface area (Å²) in [5.74, 6) is 0.333. The number of hydrogen-bond donors (Lipinski definition) is 1. The third-order valence-corrected chi connectivity index (χ3v) is 1.38. The Labute approximate surface area is 78.8 Å². The first-order valence-corrected chi connectivity index (χ1v) is 4.78. The summed E-state index contributed by atoms with van der Waals surface area (Å²) in [5.41, 5.74) is 0. The van der Waals surface area contributed by atoms with E-state index in [0.29, 0.717) is 25.4 Å². The van der Waals surface area contributed by atoms with Crippen molar-refractivity contribution in [3.63, 3.8) is 0 Å². The number of carbonyl (C=O) groups excluding carboxylic acids is 1. The van der Waals surface area contributed by atoms with Crippen molar-refractivity contribution in [3.05, 3.63) is 0 Å². The lowest BCUT2D eigenvalue weighted by atomic mass is 10.5. The molecule has 0 aliphatic heterocycles. The van der Waals surface area contributed by atoms with Gasteiger partial charge in [-0.05, 0) is 6.42 Å². The van der Waals surface area contributed by atoms with E-state index in [2.05, 4.69) is 12.6 Å². The van der Waals surface area contributed by atoms with E-state index in [4.69, 9.17) is 9.47 Å². The van der Waals surface area contributed by atoms with Gasteiger partial charge < -0.3 is 9.47 Å². The van der Waals surface area contributed by atoms with Crippen molar-refractivity contribution < 1.29 is 14.3 Å². The molecule has 0 aliphatic carbocycles. The molecular weight excluding hydrogens is 176 g/mol. The fraction of sp³-hybridized carbons (Fsp3) is 0.875. The van der Waals surface area contributed by atoms with E-state index in [0.717, 1.165) is 13.0 Å². The summed E-state index contributed by atoms with van der Waals surface area (Å²) in [6, 6.07) is 0. The first kappa shape index (κ1) is 11.8. The Morgan fingerprint density at radius 3 is 2.67 bits per heavy atom. The molecule has 0 saturated heterocycles. The maximum atomic E-state index is 10.7. The zero-order chi connectivity index (χ0) is 9.23. The van der Waals surface area contributed by atoms with Gasteiger partial charge in [0.1, 0.15) is 6.61 Å². The van der Waals surface area contributed by atoms with Crippen molar-refractivity contribution in [1.82, 2.24) is 0 Å². The first-order chi connectivity index (χ1) is 5.81. The zero-order valence-corrected chi connectivity index (χ0v) is 8.31. The third-order valence-electron chi connectivity index (χ3n) is 1.16. The highest BCUT2D eigenvalue weighted by molar-refractivity contribution is 7.80. The molecule has 0 rings (SSSR count). The lowest BCUT2D eigenvalue weighted by Gasteiger charge is -2.03. The minimum Gasteiger partial charge on any atom is -0.463 e. The molecule has 0 aromatic heterocycles. The summed E-state index contributed by atoms with van der Waals surface area (Å²) >= 11 is 3.91. The molecule has 0 amide bonds. The third kappa shape index (κ3) is 7.88. The van der Waals surface area contributed by atoms with Gasteiger partial charge in [-0.25, -0.2) is 0 Å². The molecule has 12 heavy (non-hydrogen) atoms. The number of esters is 1. The Bertz CT molecular complexity index is 117. The van der Waals surface area contributed by atoms with Crippen LogP contribution < -0.4 is 0 Å². The fourth-order valence-corrected chi connectivity index (χ4v) is 0.807. The maximum absolute atomic E-state index is 10.7. The molecule has 0 N–H and O–H groups in total. The molecule has 72 valence electrons. The van der Waals surface area contributed by atoms with E-state index in [1.165, 1.54) is 0 Å². The van der Waals surface area contributed by atoms with Crippen LogP contribution in [0.1, 0.15) is 19.8 Å². The molecule has 0 saturated carbocycles. The fourth-order valence-electron chi connectivity index (χ4n) is 0.624. The van der Waals surface area contributed by atoms with E-state index >= 15 is 0 Å². The standard InChI is InChI=1S/C8H16O3S/c1-2-4-10-5-6-11-8(9)3-7-12/h12H,2-7H2,1H3. The summed E-state index contributed by atoms with van der Waals surface area (Å²) in [6.45, 7) is 3.61. The molecule has 0 aromatic rings. The van der Waals surface area contributed by atoms with Gasteiger partial charge in [0.05, 0.1) is 13.0 Å². The first-order valence-electron chi connectivity index (χ1n) is 4.15. The van der Waals surface area contributed by atoms with Crippen molar-refractivity contribution in [2.45, 2.75) is 19.8 Å². The van der Waals surface area contributed by atoms with Gasteiger partial charge in [0.2, 0.25) is 0 Å². The van der Waals surface area contributed by atoms with Crippen molar-refractivity contribution in [2.24, 2.45) is 0 Å². The highest BCUT2D eigenvalue weighted by Gasteiger charge is 1.99. The number of hydrogen-bond acceptors (Lipinski definition) is 4. The molecule has 0 aromatic carbocycles. The van der Waals surface area contributed by atoms with Gasteiger partial charge in [0.15, 0.2) is 0 Å².